The normalized spacial score (nSPS) is 13.6. The Hall–Kier alpha value is -3.77. The van der Waals surface area contributed by atoms with Crippen molar-refractivity contribution in [3.05, 3.63) is 89.1 Å². The van der Waals surface area contributed by atoms with Crippen molar-refractivity contribution in [2.24, 2.45) is 0 Å². The van der Waals surface area contributed by atoms with E-state index in [-0.39, 0.29) is 17.0 Å². The van der Waals surface area contributed by atoms with Crippen molar-refractivity contribution in [1.82, 2.24) is 0 Å². The van der Waals surface area contributed by atoms with Gasteiger partial charge in [-0.3, -0.25) is 9.59 Å². The van der Waals surface area contributed by atoms with Gasteiger partial charge >= 0.3 is 0 Å². The van der Waals surface area contributed by atoms with E-state index in [2.05, 4.69) is 0 Å². The number of hydrogen-bond donors (Lipinski definition) is 0. The lowest BCUT2D eigenvalue weighted by Gasteiger charge is -2.22. The molecule has 0 radical (unpaired) electrons. The summed E-state index contributed by atoms with van der Waals surface area (Å²) >= 11 is 6.19. The first-order chi connectivity index (χ1) is 15.5. The van der Waals surface area contributed by atoms with Crippen molar-refractivity contribution in [2.45, 2.75) is 0 Å². The summed E-state index contributed by atoms with van der Waals surface area (Å²) in [5.41, 5.74) is 2.03. The number of benzene rings is 3. The Morgan fingerprint density at radius 2 is 1.47 bits per heavy atom. The van der Waals surface area contributed by atoms with Gasteiger partial charge in [-0.25, -0.2) is 4.90 Å². The molecule has 0 saturated heterocycles. The molecule has 1 heterocycles. The zero-order valence-electron chi connectivity index (χ0n) is 17.8. The largest absolute Gasteiger partial charge is 0.496 e. The highest BCUT2D eigenvalue weighted by atomic mass is 35.5. The van der Waals surface area contributed by atoms with Crippen LogP contribution in [0, 0.1) is 0 Å². The minimum Gasteiger partial charge on any atom is -0.496 e. The van der Waals surface area contributed by atoms with Crippen LogP contribution in [0.1, 0.15) is 5.56 Å². The van der Waals surface area contributed by atoms with Gasteiger partial charge in [-0.1, -0.05) is 48.0 Å². The number of para-hydroxylation sites is 2. The third kappa shape index (κ3) is 3.59. The smallest absolute Gasteiger partial charge is 0.282 e. The van der Waals surface area contributed by atoms with E-state index in [4.69, 9.17) is 21.1 Å². The molecule has 2 amide bonds. The van der Waals surface area contributed by atoms with Gasteiger partial charge in [0.15, 0.2) is 0 Å². The van der Waals surface area contributed by atoms with E-state index >= 15 is 0 Å². The fraction of sp³-hybridized carbons (Fsp3) is 0.120. The average Bonchev–Trinajstić information content (AvgIpc) is 3.08. The molecule has 1 aliphatic heterocycles. The Balaban J connectivity index is 1.95. The number of amides is 2. The molecular formula is C25H21ClN2O4. The molecular weight excluding hydrogens is 428 g/mol. The predicted octanol–water partition coefficient (Wildman–Crippen LogP) is 4.78. The van der Waals surface area contributed by atoms with E-state index < -0.39 is 11.8 Å². The number of anilines is 2. The van der Waals surface area contributed by atoms with Crippen molar-refractivity contribution in [1.29, 1.82) is 0 Å². The molecule has 0 bridgehead atoms. The van der Waals surface area contributed by atoms with E-state index in [1.54, 1.807) is 48.3 Å². The quantitative estimate of drug-likeness (QED) is 0.508. The van der Waals surface area contributed by atoms with Crippen molar-refractivity contribution >= 4 is 40.4 Å². The van der Waals surface area contributed by atoms with Crippen LogP contribution in [0.3, 0.4) is 0 Å². The first-order valence-electron chi connectivity index (χ1n) is 9.86. The maximum Gasteiger partial charge on any atom is 0.282 e. The number of carbonyl (C=O) groups is 2. The first kappa shape index (κ1) is 21.5. The minimum atomic E-state index is -0.488. The molecule has 4 rings (SSSR count). The molecule has 0 aliphatic carbocycles. The predicted molar refractivity (Wildman–Crippen MR) is 125 cm³/mol. The Bertz CT molecular complexity index is 1220. The molecule has 0 saturated carbocycles. The van der Waals surface area contributed by atoms with E-state index in [1.165, 1.54) is 14.2 Å². The van der Waals surface area contributed by atoms with Gasteiger partial charge in [0, 0.05) is 23.3 Å². The van der Waals surface area contributed by atoms with Crippen LogP contribution in [0.25, 0.3) is 5.57 Å². The summed E-state index contributed by atoms with van der Waals surface area (Å²) in [6, 6.07) is 21.3. The van der Waals surface area contributed by atoms with Gasteiger partial charge in [0.05, 0.1) is 25.5 Å². The van der Waals surface area contributed by atoms with Crippen LogP contribution in [0.4, 0.5) is 11.4 Å². The SMILES string of the molecule is COc1ccccc1C1=C(N(C)c2ccccc2)C(=O)N(c2cc(Cl)ccc2OC)C1=O. The van der Waals surface area contributed by atoms with Gasteiger partial charge in [0.25, 0.3) is 11.8 Å². The monoisotopic (exact) mass is 448 g/mol. The Morgan fingerprint density at radius 3 is 2.16 bits per heavy atom. The molecule has 3 aromatic rings. The molecule has 6 nitrogen and oxygen atoms in total. The highest BCUT2D eigenvalue weighted by Gasteiger charge is 2.44. The second-order valence-electron chi connectivity index (χ2n) is 7.08. The number of hydrogen-bond acceptors (Lipinski definition) is 5. The highest BCUT2D eigenvalue weighted by Crippen LogP contribution is 2.42. The first-order valence-corrected chi connectivity index (χ1v) is 10.2. The van der Waals surface area contributed by atoms with Gasteiger partial charge in [0.1, 0.15) is 17.2 Å². The van der Waals surface area contributed by atoms with Crippen molar-refractivity contribution in [2.75, 3.05) is 31.1 Å². The zero-order valence-corrected chi connectivity index (χ0v) is 18.6. The number of methoxy groups -OCH3 is 2. The maximum absolute atomic E-state index is 13.8. The topological polar surface area (TPSA) is 59.1 Å². The highest BCUT2D eigenvalue weighted by molar-refractivity contribution is 6.47. The van der Waals surface area contributed by atoms with Crippen LogP contribution in [0.15, 0.2) is 78.5 Å². The van der Waals surface area contributed by atoms with Crippen molar-refractivity contribution in [3.63, 3.8) is 0 Å². The fourth-order valence-electron chi connectivity index (χ4n) is 3.76. The molecule has 3 aromatic carbocycles. The number of rotatable bonds is 6. The van der Waals surface area contributed by atoms with E-state index in [0.29, 0.717) is 22.1 Å². The second kappa shape index (κ2) is 8.77. The second-order valence-corrected chi connectivity index (χ2v) is 7.52. The molecule has 0 aromatic heterocycles. The number of likely N-dealkylation sites (N-methyl/N-ethyl adjacent to an activating group) is 1. The Labute approximate surface area is 191 Å². The summed E-state index contributed by atoms with van der Waals surface area (Å²) in [5, 5.41) is 0.380. The molecule has 32 heavy (non-hydrogen) atoms. The fourth-order valence-corrected chi connectivity index (χ4v) is 3.93. The van der Waals surface area contributed by atoms with E-state index in [9.17, 15) is 9.59 Å². The number of nitrogens with zero attached hydrogens (tertiary/aromatic N) is 2. The molecule has 0 fully saturated rings. The van der Waals surface area contributed by atoms with Crippen LogP contribution in [-0.2, 0) is 9.59 Å². The van der Waals surface area contributed by atoms with Crippen LogP contribution in [0.2, 0.25) is 5.02 Å². The van der Waals surface area contributed by atoms with E-state index in [0.717, 1.165) is 10.6 Å². The average molecular weight is 449 g/mol. The van der Waals surface area contributed by atoms with Gasteiger partial charge in [0.2, 0.25) is 0 Å². The molecule has 0 N–H and O–H groups in total. The number of imide groups is 1. The molecule has 0 atom stereocenters. The Morgan fingerprint density at radius 1 is 0.812 bits per heavy atom. The lowest BCUT2D eigenvalue weighted by molar-refractivity contribution is -0.120. The van der Waals surface area contributed by atoms with Gasteiger partial charge in [-0.15, -0.1) is 0 Å². The van der Waals surface area contributed by atoms with Crippen LogP contribution in [-0.4, -0.2) is 33.1 Å². The summed E-state index contributed by atoms with van der Waals surface area (Å²) in [4.78, 5) is 30.3. The van der Waals surface area contributed by atoms with E-state index in [1.807, 2.05) is 36.4 Å². The van der Waals surface area contributed by atoms with Gasteiger partial charge in [-0.2, -0.15) is 0 Å². The van der Waals surface area contributed by atoms with Crippen molar-refractivity contribution in [3.8, 4) is 11.5 Å². The molecule has 1 aliphatic rings. The minimum absolute atomic E-state index is 0.229. The lowest BCUT2D eigenvalue weighted by atomic mass is 10.0. The number of ether oxygens (including phenoxy) is 2. The van der Waals surface area contributed by atoms with Crippen LogP contribution >= 0.6 is 11.6 Å². The standard InChI is InChI=1S/C25H21ClN2O4/c1-27(17-9-5-4-6-10-17)23-22(18-11-7-8-12-20(18)31-2)24(29)28(25(23)30)19-15-16(26)13-14-21(19)32-3/h4-15H,1-3H3. The summed E-state index contributed by atoms with van der Waals surface area (Å²) in [7, 11) is 4.76. The molecule has 162 valence electrons. The maximum atomic E-state index is 13.8. The number of carbonyl (C=O) groups excluding carboxylic acids is 2. The van der Waals surface area contributed by atoms with Crippen LogP contribution < -0.4 is 19.3 Å². The molecule has 7 heteroatoms. The third-order valence-electron chi connectivity index (χ3n) is 5.30. The Kier molecular flexibility index (Phi) is 5.88. The molecule has 0 spiro atoms. The van der Waals surface area contributed by atoms with Gasteiger partial charge < -0.3 is 14.4 Å². The zero-order chi connectivity index (χ0) is 22.8. The summed E-state index contributed by atoms with van der Waals surface area (Å²) in [6.07, 6.45) is 0. The molecule has 0 unspecified atom stereocenters. The lowest BCUT2D eigenvalue weighted by Crippen LogP contribution is -2.34. The van der Waals surface area contributed by atoms with Crippen molar-refractivity contribution < 1.29 is 19.1 Å². The summed E-state index contributed by atoms with van der Waals surface area (Å²) in [6.45, 7) is 0. The number of halogens is 1. The summed E-state index contributed by atoms with van der Waals surface area (Å²) < 4.78 is 10.9. The summed E-state index contributed by atoms with van der Waals surface area (Å²) in [5.74, 6) is -0.123. The van der Waals surface area contributed by atoms with Crippen LogP contribution in [0.5, 0.6) is 11.5 Å². The third-order valence-corrected chi connectivity index (χ3v) is 5.53. The van der Waals surface area contributed by atoms with Gasteiger partial charge in [-0.05, 0) is 36.4 Å².